The van der Waals surface area contributed by atoms with Gasteiger partial charge in [0.15, 0.2) is 0 Å². The van der Waals surface area contributed by atoms with Crippen LogP contribution in [0.3, 0.4) is 0 Å². The van der Waals surface area contributed by atoms with Gasteiger partial charge in [0.2, 0.25) is 0 Å². The molecule has 6 nitrogen and oxygen atoms in total. The summed E-state index contributed by atoms with van der Waals surface area (Å²) >= 11 is 5.88. The van der Waals surface area contributed by atoms with E-state index < -0.39 is 10.0 Å². The summed E-state index contributed by atoms with van der Waals surface area (Å²) in [6.07, 6.45) is 1.19. The second kappa shape index (κ2) is 5.56. The van der Waals surface area contributed by atoms with E-state index in [1.165, 1.54) is 37.6 Å². The predicted octanol–water partition coefficient (Wildman–Crippen LogP) is 2.13. The highest BCUT2D eigenvalue weighted by Gasteiger charge is 2.15. The number of nitrogens with two attached hydrogens (primary N) is 1. The van der Waals surface area contributed by atoms with E-state index in [2.05, 4.69) is 9.71 Å². The molecule has 1 aromatic heterocycles. The van der Waals surface area contributed by atoms with Gasteiger partial charge in [-0.25, -0.2) is 13.4 Å². The van der Waals surface area contributed by atoms with Crippen LogP contribution in [0.2, 0.25) is 5.02 Å². The van der Waals surface area contributed by atoms with E-state index in [4.69, 9.17) is 22.1 Å². The van der Waals surface area contributed by atoms with Crippen molar-refractivity contribution >= 4 is 33.1 Å². The van der Waals surface area contributed by atoms with Crippen LogP contribution in [-0.4, -0.2) is 20.5 Å². The first-order valence-electron chi connectivity index (χ1n) is 5.50. The molecule has 20 heavy (non-hydrogen) atoms. The predicted molar refractivity (Wildman–Crippen MR) is 77.5 cm³/mol. The van der Waals surface area contributed by atoms with Crippen LogP contribution in [0.5, 0.6) is 5.75 Å². The van der Waals surface area contributed by atoms with Gasteiger partial charge in [-0.3, -0.25) is 4.72 Å². The molecule has 0 atom stereocenters. The summed E-state index contributed by atoms with van der Waals surface area (Å²) < 4.78 is 31.7. The molecule has 0 aliphatic carbocycles. The number of halogens is 1. The Balaban J connectivity index is 2.30. The summed E-state index contributed by atoms with van der Waals surface area (Å²) in [6, 6.07) is 7.35. The van der Waals surface area contributed by atoms with E-state index in [9.17, 15) is 8.42 Å². The zero-order chi connectivity index (χ0) is 14.8. The fraction of sp³-hybridized carbons (Fsp3) is 0.0833. The van der Waals surface area contributed by atoms with Crippen molar-refractivity contribution in [1.29, 1.82) is 0 Å². The molecule has 0 aliphatic rings. The Kier molecular flexibility index (Phi) is 4.01. The van der Waals surface area contributed by atoms with E-state index >= 15 is 0 Å². The number of aromatic nitrogens is 1. The van der Waals surface area contributed by atoms with E-state index in [-0.39, 0.29) is 10.7 Å². The van der Waals surface area contributed by atoms with Crippen LogP contribution in [0.15, 0.2) is 41.4 Å². The zero-order valence-electron chi connectivity index (χ0n) is 10.5. The van der Waals surface area contributed by atoms with Crippen LogP contribution < -0.4 is 15.2 Å². The number of nitrogen functional groups attached to an aromatic ring is 1. The standard InChI is InChI=1S/C12H12ClN3O3S/c1-19-11-6-8(2-4-10(11)13)16-20(17,18)9-3-5-12(14)15-7-9/h2-7,16H,1H3,(H2,14,15). The summed E-state index contributed by atoms with van der Waals surface area (Å²) in [5, 5.41) is 0.393. The average Bonchev–Trinajstić information content (AvgIpc) is 2.41. The number of ether oxygens (including phenoxy) is 1. The number of methoxy groups -OCH3 is 1. The third-order valence-corrected chi connectivity index (χ3v) is 4.15. The van der Waals surface area contributed by atoms with Gasteiger partial charge in [0.25, 0.3) is 10.0 Å². The number of benzene rings is 1. The Labute approximate surface area is 121 Å². The number of hydrogen-bond acceptors (Lipinski definition) is 5. The molecule has 0 spiro atoms. The molecule has 0 unspecified atom stereocenters. The lowest BCUT2D eigenvalue weighted by molar-refractivity contribution is 0.415. The van der Waals surface area contributed by atoms with Gasteiger partial charge in [-0.1, -0.05) is 11.6 Å². The molecule has 2 rings (SSSR count). The van der Waals surface area contributed by atoms with Gasteiger partial charge in [0.1, 0.15) is 16.5 Å². The highest BCUT2D eigenvalue weighted by Crippen LogP contribution is 2.28. The fourth-order valence-corrected chi connectivity index (χ4v) is 2.68. The highest BCUT2D eigenvalue weighted by molar-refractivity contribution is 7.92. The first kappa shape index (κ1) is 14.4. The van der Waals surface area contributed by atoms with Gasteiger partial charge in [0, 0.05) is 12.3 Å². The molecule has 0 fully saturated rings. The molecule has 2 aromatic rings. The average molecular weight is 314 g/mol. The lowest BCUT2D eigenvalue weighted by Gasteiger charge is -2.10. The second-order valence-electron chi connectivity index (χ2n) is 3.87. The first-order chi connectivity index (χ1) is 9.42. The van der Waals surface area contributed by atoms with Crippen LogP contribution in [0, 0.1) is 0 Å². The summed E-state index contributed by atoms with van der Waals surface area (Å²) in [4.78, 5) is 3.76. The Bertz CT molecular complexity index is 717. The second-order valence-corrected chi connectivity index (χ2v) is 5.96. The maximum absolute atomic E-state index is 12.1. The Morgan fingerprint density at radius 2 is 2.05 bits per heavy atom. The Hall–Kier alpha value is -1.99. The molecular weight excluding hydrogens is 302 g/mol. The van der Waals surface area contributed by atoms with Crippen molar-refractivity contribution in [2.45, 2.75) is 4.90 Å². The molecule has 0 aliphatic heterocycles. The summed E-state index contributed by atoms with van der Waals surface area (Å²) in [6.45, 7) is 0. The SMILES string of the molecule is COc1cc(NS(=O)(=O)c2ccc(N)nc2)ccc1Cl. The van der Waals surface area contributed by atoms with Crippen molar-refractivity contribution in [2.75, 3.05) is 17.6 Å². The number of hydrogen-bond donors (Lipinski definition) is 2. The minimum Gasteiger partial charge on any atom is -0.495 e. The molecule has 3 N–H and O–H groups in total. The lowest BCUT2D eigenvalue weighted by Crippen LogP contribution is -2.13. The minimum absolute atomic E-state index is 0.0145. The molecule has 1 aromatic carbocycles. The molecule has 106 valence electrons. The van der Waals surface area contributed by atoms with Crippen molar-refractivity contribution in [2.24, 2.45) is 0 Å². The number of nitrogens with one attached hydrogen (secondary N) is 1. The lowest BCUT2D eigenvalue weighted by atomic mass is 10.3. The quantitative estimate of drug-likeness (QED) is 0.901. The van der Waals surface area contributed by atoms with E-state index in [1.54, 1.807) is 6.07 Å². The fourth-order valence-electron chi connectivity index (χ4n) is 1.49. The first-order valence-corrected chi connectivity index (χ1v) is 7.36. The third kappa shape index (κ3) is 3.12. The molecule has 0 bridgehead atoms. The van der Waals surface area contributed by atoms with Crippen molar-refractivity contribution < 1.29 is 13.2 Å². The maximum Gasteiger partial charge on any atom is 0.263 e. The van der Waals surface area contributed by atoms with Crippen molar-refractivity contribution in [3.05, 3.63) is 41.6 Å². The Morgan fingerprint density at radius 1 is 1.30 bits per heavy atom. The molecular formula is C12H12ClN3O3S. The normalized spacial score (nSPS) is 11.1. The van der Waals surface area contributed by atoms with Crippen LogP contribution in [0.4, 0.5) is 11.5 Å². The van der Waals surface area contributed by atoms with Crippen LogP contribution >= 0.6 is 11.6 Å². The van der Waals surface area contributed by atoms with Crippen LogP contribution in [0.25, 0.3) is 0 Å². The molecule has 0 saturated heterocycles. The summed E-state index contributed by atoms with van der Waals surface area (Å²) in [7, 11) is -2.29. The third-order valence-electron chi connectivity index (χ3n) is 2.47. The van der Waals surface area contributed by atoms with Gasteiger partial charge >= 0.3 is 0 Å². The number of nitrogens with zero attached hydrogens (tertiary/aromatic N) is 1. The topological polar surface area (TPSA) is 94.3 Å². The Morgan fingerprint density at radius 3 is 2.65 bits per heavy atom. The van der Waals surface area contributed by atoms with Crippen LogP contribution in [0.1, 0.15) is 0 Å². The van der Waals surface area contributed by atoms with Gasteiger partial charge in [-0.15, -0.1) is 0 Å². The van der Waals surface area contributed by atoms with Crippen molar-refractivity contribution in [1.82, 2.24) is 4.98 Å². The number of sulfonamides is 1. The van der Waals surface area contributed by atoms with Crippen molar-refractivity contribution in [3.63, 3.8) is 0 Å². The largest absolute Gasteiger partial charge is 0.495 e. The molecule has 8 heteroatoms. The summed E-state index contributed by atoms with van der Waals surface area (Å²) in [5.74, 6) is 0.624. The van der Waals surface area contributed by atoms with Gasteiger partial charge in [0.05, 0.1) is 17.8 Å². The summed E-state index contributed by atoms with van der Waals surface area (Å²) in [5.41, 5.74) is 5.76. The smallest absolute Gasteiger partial charge is 0.263 e. The number of anilines is 2. The molecule has 0 amide bonds. The monoisotopic (exact) mass is 313 g/mol. The zero-order valence-corrected chi connectivity index (χ0v) is 12.1. The van der Waals surface area contributed by atoms with Gasteiger partial charge < -0.3 is 10.5 Å². The van der Waals surface area contributed by atoms with E-state index in [0.29, 0.717) is 16.5 Å². The van der Waals surface area contributed by atoms with E-state index in [0.717, 1.165) is 0 Å². The highest BCUT2D eigenvalue weighted by atomic mass is 35.5. The van der Waals surface area contributed by atoms with Gasteiger partial charge in [-0.2, -0.15) is 0 Å². The molecule has 0 saturated carbocycles. The van der Waals surface area contributed by atoms with E-state index in [1.807, 2.05) is 0 Å². The molecule has 1 heterocycles. The number of pyridine rings is 1. The molecule has 0 radical (unpaired) electrons. The minimum atomic E-state index is -3.73. The van der Waals surface area contributed by atoms with Gasteiger partial charge in [-0.05, 0) is 24.3 Å². The number of rotatable bonds is 4. The maximum atomic E-state index is 12.1. The van der Waals surface area contributed by atoms with Crippen molar-refractivity contribution in [3.8, 4) is 5.75 Å². The van der Waals surface area contributed by atoms with Crippen LogP contribution in [-0.2, 0) is 10.0 Å².